The Labute approximate surface area is 133 Å². The Morgan fingerprint density at radius 1 is 1.05 bits per heavy atom. The fraction of sp³-hybridized carbons (Fsp3) is 0.368. The van der Waals surface area contributed by atoms with Crippen LogP contribution in [0.15, 0.2) is 48.5 Å². The monoisotopic (exact) mass is 299 g/mol. The molecule has 0 fully saturated rings. The summed E-state index contributed by atoms with van der Waals surface area (Å²) in [6.07, 6.45) is 1.07. The lowest BCUT2D eigenvalue weighted by Crippen LogP contribution is -2.06. The summed E-state index contributed by atoms with van der Waals surface area (Å²) in [6, 6.07) is 16.1. The fourth-order valence-corrected chi connectivity index (χ4v) is 2.13. The first-order chi connectivity index (χ1) is 10.7. The van der Waals surface area contributed by atoms with Gasteiger partial charge in [0, 0.05) is 23.9 Å². The summed E-state index contributed by atoms with van der Waals surface area (Å²) < 4.78 is 11.2. The van der Waals surface area contributed by atoms with Gasteiger partial charge in [-0.1, -0.05) is 38.1 Å². The highest BCUT2D eigenvalue weighted by atomic mass is 16.5. The summed E-state index contributed by atoms with van der Waals surface area (Å²) in [4.78, 5) is 0. The molecule has 0 bridgehead atoms. The van der Waals surface area contributed by atoms with Crippen LogP contribution in [0.4, 0.5) is 5.69 Å². The van der Waals surface area contributed by atoms with Gasteiger partial charge in [-0.05, 0) is 30.5 Å². The molecule has 3 heteroatoms. The lowest BCUT2D eigenvalue weighted by molar-refractivity contribution is 0.287. The lowest BCUT2D eigenvalue weighted by Gasteiger charge is -2.14. The third kappa shape index (κ3) is 4.99. The maximum Gasteiger partial charge on any atom is 0.124 e. The fourth-order valence-electron chi connectivity index (χ4n) is 2.13. The molecule has 0 aliphatic carbocycles. The van der Waals surface area contributed by atoms with Crippen LogP contribution in [0.1, 0.15) is 25.8 Å². The van der Waals surface area contributed by atoms with Crippen molar-refractivity contribution >= 4 is 5.69 Å². The van der Waals surface area contributed by atoms with Crippen LogP contribution < -0.4 is 14.8 Å². The average Bonchev–Trinajstić information content (AvgIpc) is 2.54. The van der Waals surface area contributed by atoms with Crippen molar-refractivity contribution in [2.75, 3.05) is 19.0 Å². The number of methoxy groups -OCH3 is 1. The van der Waals surface area contributed by atoms with E-state index in [0.717, 1.165) is 42.3 Å². The molecule has 0 aromatic heterocycles. The van der Waals surface area contributed by atoms with Gasteiger partial charge in [-0.3, -0.25) is 0 Å². The molecule has 118 valence electrons. The summed E-state index contributed by atoms with van der Waals surface area (Å²) in [5.41, 5.74) is 2.20. The van der Waals surface area contributed by atoms with Gasteiger partial charge in [0.15, 0.2) is 0 Å². The molecule has 22 heavy (non-hydrogen) atoms. The van der Waals surface area contributed by atoms with E-state index in [1.807, 2.05) is 42.5 Å². The first kappa shape index (κ1) is 16.2. The van der Waals surface area contributed by atoms with E-state index in [-0.39, 0.29) is 0 Å². The van der Waals surface area contributed by atoms with Gasteiger partial charge < -0.3 is 14.8 Å². The van der Waals surface area contributed by atoms with Crippen LogP contribution >= 0.6 is 0 Å². The SMILES string of the molecule is COc1cccc(NCc2ccccc2OCCC(C)C)c1. The zero-order valence-electron chi connectivity index (χ0n) is 13.6. The van der Waals surface area contributed by atoms with Crippen LogP contribution in [0.25, 0.3) is 0 Å². The minimum atomic E-state index is 0.655. The molecule has 1 N–H and O–H groups in total. The van der Waals surface area contributed by atoms with E-state index < -0.39 is 0 Å². The molecular formula is C19H25NO2. The quantitative estimate of drug-likeness (QED) is 0.764. The first-order valence-electron chi connectivity index (χ1n) is 7.77. The highest BCUT2D eigenvalue weighted by molar-refractivity contribution is 5.49. The molecule has 2 aromatic carbocycles. The van der Waals surface area contributed by atoms with Gasteiger partial charge in [-0.15, -0.1) is 0 Å². The number of nitrogens with one attached hydrogen (secondary N) is 1. The van der Waals surface area contributed by atoms with Gasteiger partial charge >= 0.3 is 0 Å². The number of para-hydroxylation sites is 1. The van der Waals surface area contributed by atoms with Gasteiger partial charge in [0.05, 0.1) is 13.7 Å². The molecule has 0 unspecified atom stereocenters. The predicted octanol–water partition coefficient (Wildman–Crippen LogP) is 4.73. The van der Waals surface area contributed by atoms with E-state index >= 15 is 0 Å². The van der Waals surface area contributed by atoms with E-state index in [0.29, 0.717) is 5.92 Å². The molecule has 0 aliphatic heterocycles. The van der Waals surface area contributed by atoms with Crippen molar-refractivity contribution in [2.24, 2.45) is 5.92 Å². The minimum Gasteiger partial charge on any atom is -0.497 e. The maximum absolute atomic E-state index is 5.92. The molecule has 2 aromatic rings. The molecule has 0 saturated heterocycles. The molecule has 3 nitrogen and oxygen atoms in total. The third-order valence-corrected chi connectivity index (χ3v) is 3.48. The molecule has 2 rings (SSSR count). The summed E-state index contributed by atoms with van der Waals surface area (Å²) in [5, 5.41) is 3.42. The number of benzene rings is 2. The zero-order valence-corrected chi connectivity index (χ0v) is 13.6. The lowest BCUT2D eigenvalue weighted by atomic mass is 10.1. The van der Waals surface area contributed by atoms with E-state index in [2.05, 4.69) is 25.2 Å². The zero-order chi connectivity index (χ0) is 15.8. The van der Waals surface area contributed by atoms with Crippen molar-refractivity contribution in [3.8, 4) is 11.5 Å². The molecule has 0 atom stereocenters. The van der Waals surface area contributed by atoms with Crippen LogP contribution in [-0.4, -0.2) is 13.7 Å². The molecular weight excluding hydrogens is 274 g/mol. The molecule has 0 heterocycles. The number of ether oxygens (including phenoxy) is 2. The number of hydrogen-bond acceptors (Lipinski definition) is 3. The van der Waals surface area contributed by atoms with Crippen molar-refractivity contribution in [1.29, 1.82) is 0 Å². The molecule has 0 radical (unpaired) electrons. The first-order valence-corrected chi connectivity index (χ1v) is 7.77. The average molecular weight is 299 g/mol. The molecule has 0 saturated carbocycles. The summed E-state index contributed by atoms with van der Waals surface area (Å²) in [7, 11) is 1.68. The Bertz CT molecular complexity index is 581. The Morgan fingerprint density at radius 2 is 1.86 bits per heavy atom. The molecule has 0 spiro atoms. The Kier molecular flexibility index (Phi) is 6.13. The number of rotatable bonds is 8. The Morgan fingerprint density at radius 3 is 2.64 bits per heavy atom. The smallest absolute Gasteiger partial charge is 0.124 e. The Hall–Kier alpha value is -2.16. The molecule has 0 aliphatic rings. The highest BCUT2D eigenvalue weighted by Crippen LogP contribution is 2.22. The maximum atomic E-state index is 5.92. The second-order valence-electron chi connectivity index (χ2n) is 5.72. The van der Waals surface area contributed by atoms with Crippen LogP contribution in [0, 0.1) is 5.92 Å². The van der Waals surface area contributed by atoms with Crippen molar-refractivity contribution in [2.45, 2.75) is 26.8 Å². The van der Waals surface area contributed by atoms with Gasteiger partial charge in [0.1, 0.15) is 11.5 Å². The van der Waals surface area contributed by atoms with Crippen LogP contribution in [0.3, 0.4) is 0 Å². The van der Waals surface area contributed by atoms with Gasteiger partial charge in [-0.25, -0.2) is 0 Å². The summed E-state index contributed by atoms with van der Waals surface area (Å²) in [6.45, 7) is 5.90. The van der Waals surface area contributed by atoms with Crippen molar-refractivity contribution in [1.82, 2.24) is 0 Å². The van der Waals surface area contributed by atoms with E-state index in [1.54, 1.807) is 7.11 Å². The standard InChI is InChI=1S/C19H25NO2/c1-15(2)11-12-22-19-10-5-4-7-16(19)14-20-17-8-6-9-18(13-17)21-3/h4-10,13,15,20H,11-12,14H2,1-3H3. The largest absolute Gasteiger partial charge is 0.497 e. The van der Waals surface area contributed by atoms with E-state index in [9.17, 15) is 0 Å². The third-order valence-electron chi connectivity index (χ3n) is 3.48. The van der Waals surface area contributed by atoms with E-state index in [1.165, 1.54) is 0 Å². The summed E-state index contributed by atoms with van der Waals surface area (Å²) >= 11 is 0. The van der Waals surface area contributed by atoms with Crippen molar-refractivity contribution in [3.63, 3.8) is 0 Å². The van der Waals surface area contributed by atoms with Crippen molar-refractivity contribution in [3.05, 3.63) is 54.1 Å². The van der Waals surface area contributed by atoms with E-state index in [4.69, 9.17) is 9.47 Å². The number of anilines is 1. The Balaban J connectivity index is 1.97. The summed E-state index contributed by atoms with van der Waals surface area (Å²) in [5.74, 6) is 2.46. The second-order valence-corrected chi connectivity index (χ2v) is 5.72. The van der Waals surface area contributed by atoms with Crippen LogP contribution in [-0.2, 0) is 6.54 Å². The topological polar surface area (TPSA) is 30.5 Å². The molecule has 0 amide bonds. The normalized spacial score (nSPS) is 10.5. The van der Waals surface area contributed by atoms with Gasteiger partial charge in [0.25, 0.3) is 0 Å². The predicted molar refractivity (Wildman–Crippen MR) is 91.7 cm³/mol. The van der Waals surface area contributed by atoms with Crippen molar-refractivity contribution < 1.29 is 9.47 Å². The van der Waals surface area contributed by atoms with Gasteiger partial charge in [-0.2, -0.15) is 0 Å². The second kappa shape index (κ2) is 8.32. The van der Waals surface area contributed by atoms with Gasteiger partial charge in [0.2, 0.25) is 0 Å². The highest BCUT2D eigenvalue weighted by Gasteiger charge is 2.04. The number of hydrogen-bond donors (Lipinski definition) is 1. The van der Waals surface area contributed by atoms with Crippen LogP contribution in [0.5, 0.6) is 11.5 Å². The minimum absolute atomic E-state index is 0.655. The van der Waals surface area contributed by atoms with Crippen LogP contribution in [0.2, 0.25) is 0 Å².